The van der Waals surface area contributed by atoms with Crippen molar-refractivity contribution in [2.75, 3.05) is 6.54 Å². The van der Waals surface area contributed by atoms with Gasteiger partial charge in [-0.2, -0.15) is 0 Å². The average Bonchev–Trinajstić information content (AvgIpc) is 2.40. The van der Waals surface area contributed by atoms with Gasteiger partial charge in [-0.1, -0.05) is 30.7 Å². The zero-order chi connectivity index (χ0) is 14.7. The lowest BCUT2D eigenvalue weighted by atomic mass is 9.97. The van der Waals surface area contributed by atoms with Crippen LogP contribution in [0.1, 0.15) is 40.9 Å². The molecule has 1 N–H and O–H groups in total. The Kier molecular flexibility index (Phi) is 4.50. The van der Waals surface area contributed by atoms with Crippen molar-refractivity contribution in [2.45, 2.75) is 33.7 Å². The van der Waals surface area contributed by atoms with Crippen molar-refractivity contribution in [1.82, 2.24) is 10.3 Å². The summed E-state index contributed by atoms with van der Waals surface area (Å²) < 4.78 is 14.2. The molecule has 0 amide bonds. The third-order valence-electron chi connectivity index (χ3n) is 3.40. The quantitative estimate of drug-likeness (QED) is 0.914. The van der Waals surface area contributed by atoms with Crippen LogP contribution in [0.3, 0.4) is 0 Å². The number of aromatic nitrogens is 1. The molecule has 0 radical (unpaired) electrons. The first kappa shape index (κ1) is 14.7. The molecule has 0 fully saturated rings. The van der Waals surface area contributed by atoms with Gasteiger partial charge in [-0.25, -0.2) is 4.39 Å². The minimum absolute atomic E-state index is 0.191. The van der Waals surface area contributed by atoms with Crippen molar-refractivity contribution in [3.8, 4) is 0 Å². The molecular formula is C17H21FN2. The molecule has 0 saturated carbocycles. The molecule has 0 spiro atoms. The summed E-state index contributed by atoms with van der Waals surface area (Å²) in [6.45, 7) is 8.78. The molecule has 1 heterocycles. The zero-order valence-corrected chi connectivity index (χ0v) is 12.5. The standard InChI is InChI=1S/C17H21FN2/c1-5-19-17(14-9-11(2)6-7-15(14)18)16-13(4)8-12(3)10-20-16/h6-10,17,19H,5H2,1-4H3. The van der Waals surface area contributed by atoms with Crippen LogP contribution in [0.25, 0.3) is 0 Å². The highest BCUT2D eigenvalue weighted by molar-refractivity contribution is 5.36. The summed E-state index contributed by atoms with van der Waals surface area (Å²) in [5, 5.41) is 3.34. The van der Waals surface area contributed by atoms with Crippen molar-refractivity contribution in [3.05, 3.63) is 64.2 Å². The first-order valence-electron chi connectivity index (χ1n) is 6.95. The van der Waals surface area contributed by atoms with Crippen molar-refractivity contribution in [2.24, 2.45) is 0 Å². The van der Waals surface area contributed by atoms with E-state index in [0.29, 0.717) is 5.56 Å². The van der Waals surface area contributed by atoms with Crippen LogP contribution in [-0.4, -0.2) is 11.5 Å². The maximum Gasteiger partial charge on any atom is 0.128 e. The van der Waals surface area contributed by atoms with E-state index < -0.39 is 0 Å². The normalized spacial score (nSPS) is 12.4. The Hall–Kier alpha value is -1.74. The van der Waals surface area contributed by atoms with Gasteiger partial charge in [0.1, 0.15) is 5.82 Å². The number of hydrogen-bond donors (Lipinski definition) is 1. The van der Waals surface area contributed by atoms with Crippen LogP contribution in [0.15, 0.2) is 30.5 Å². The van der Waals surface area contributed by atoms with Crippen LogP contribution in [0.5, 0.6) is 0 Å². The molecule has 0 bridgehead atoms. The lowest BCUT2D eigenvalue weighted by Crippen LogP contribution is -2.25. The molecule has 0 saturated heterocycles. The second-order valence-corrected chi connectivity index (χ2v) is 5.23. The third kappa shape index (κ3) is 3.05. The van der Waals surface area contributed by atoms with E-state index in [-0.39, 0.29) is 11.9 Å². The molecule has 0 aliphatic heterocycles. The summed E-state index contributed by atoms with van der Waals surface area (Å²) in [6.07, 6.45) is 1.83. The van der Waals surface area contributed by atoms with Gasteiger partial charge < -0.3 is 5.32 Å². The predicted molar refractivity (Wildman–Crippen MR) is 80.4 cm³/mol. The van der Waals surface area contributed by atoms with Gasteiger partial charge in [-0.15, -0.1) is 0 Å². The highest BCUT2D eigenvalue weighted by Gasteiger charge is 2.20. The van der Waals surface area contributed by atoms with Crippen LogP contribution in [0, 0.1) is 26.6 Å². The van der Waals surface area contributed by atoms with Crippen LogP contribution >= 0.6 is 0 Å². The number of aryl methyl sites for hydroxylation is 3. The largest absolute Gasteiger partial charge is 0.305 e. The summed E-state index contributed by atoms with van der Waals surface area (Å²) >= 11 is 0. The Labute approximate surface area is 120 Å². The van der Waals surface area contributed by atoms with E-state index in [4.69, 9.17) is 0 Å². The average molecular weight is 272 g/mol. The summed E-state index contributed by atoms with van der Waals surface area (Å²) in [7, 11) is 0. The predicted octanol–water partition coefficient (Wildman–Crippen LogP) is 3.84. The molecule has 2 nitrogen and oxygen atoms in total. The molecule has 1 aromatic heterocycles. The Balaban J connectivity index is 2.53. The molecule has 1 unspecified atom stereocenters. The molecule has 1 atom stereocenters. The van der Waals surface area contributed by atoms with Crippen molar-refractivity contribution in [3.63, 3.8) is 0 Å². The van der Waals surface area contributed by atoms with Gasteiger partial charge >= 0.3 is 0 Å². The minimum atomic E-state index is -0.208. The fourth-order valence-corrected chi connectivity index (χ4v) is 2.47. The highest BCUT2D eigenvalue weighted by atomic mass is 19.1. The molecule has 106 valence electrons. The minimum Gasteiger partial charge on any atom is -0.305 e. The van der Waals surface area contributed by atoms with E-state index in [9.17, 15) is 4.39 Å². The molecule has 0 aliphatic carbocycles. The number of pyridine rings is 1. The topological polar surface area (TPSA) is 24.9 Å². The highest BCUT2D eigenvalue weighted by Crippen LogP contribution is 2.26. The molecule has 2 rings (SSSR count). The molecule has 20 heavy (non-hydrogen) atoms. The van der Waals surface area contributed by atoms with Crippen LogP contribution in [0.4, 0.5) is 4.39 Å². The van der Waals surface area contributed by atoms with Crippen molar-refractivity contribution >= 4 is 0 Å². The second-order valence-electron chi connectivity index (χ2n) is 5.23. The van der Waals surface area contributed by atoms with E-state index in [1.165, 1.54) is 6.07 Å². The van der Waals surface area contributed by atoms with Gasteiger partial charge in [0.15, 0.2) is 0 Å². The molecule has 1 aromatic carbocycles. The summed E-state index contributed by atoms with van der Waals surface area (Å²) in [5.74, 6) is -0.191. The van der Waals surface area contributed by atoms with E-state index in [0.717, 1.165) is 28.9 Å². The molecule has 2 aromatic rings. The smallest absolute Gasteiger partial charge is 0.128 e. The Morgan fingerprint density at radius 2 is 1.90 bits per heavy atom. The summed E-state index contributed by atoms with van der Waals surface area (Å²) in [4.78, 5) is 4.51. The first-order chi connectivity index (χ1) is 9.52. The van der Waals surface area contributed by atoms with Crippen LogP contribution in [-0.2, 0) is 0 Å². The fraction of sp³-hybridized carbons (Fsp3) is 0.353. The SMILES string of the molecule is CCNC(c1cc(C)ccc1F)c1ncc(C)cc1C. The first-order valence-corrected chi connectivity index (χ1v) is 6.95. The lowest BCUT2D eigenvalue weighted by molar-refractivity contribution is 0.549. The third-order valence-corrected chi connectivity index (χ3v) is 3.40. The fourth-order valence-electron chi connectivity index (χ4n) is 2.47. The molecule has 0 aliphatic rings. The maximum atomic E-state index is 14.2. The Morgan fingerprint density at radius 1 is 1.15 bits per heavy atom. The number of nitrogens with zero attached hydrogens (tertiary/aromatic N) is 1. The second kappa shape index (κ2) is 6.14. The van der Waals surface area contributed by atoms with E-state index in [1.807, 2.05) is 40.0 Å². The van der Waals surface area contributed by atoms with E-state index in [1.54, 1.807) is 6.07 Å². The number of hydrogen-bond acceptors (Lipinski definition) is 2. The van der Waals surface area contributed by atoms with Crippen LogP contribution in [0.2, 0.25) is 0 Å². The number of benzene rings is 1. The van der Waals surface area contributed by atoms with Gasteiger partial charge in [-0.05, 0) is 44.5 Å². The Morgan fingerprint density at radius 3 is 2.55 bits per heavy atom. The van der Waals surface area contributed by atoms with Gasteiger partial charge in [0.2, 0.25) is 0 Å². The number of rotatable bonds is 4. The zero-order valence-electron chi connectivity index (χ0n) is 12.5. The Bertz CT molecular complexity index is 608. The van der Waals surface area contributed by atoms with E-state index >= 15 is 0 Å². The maximum absolute atomic E-state index is 14.2. The van der Waals surface area contributed by atoms with Gasteiger partial charge in [0, 0.05) is 11.8 Å². The van der Waals surface area contributed by atoms with Gasteiger partial charge in [0.25, 0.3) is 0 Å². The number of halogens is 1. The van der Waals surface area contributed by atoms with Gasteiger partial charge in [-0.3, -0.25) is 4.98 Å². The van der Waals surface area contributed by atoms with Gasteiger partial charge in [0.05, 0.1) is 11.7 Å². The lowest BCUT2D eigenvalue weighted by Gasteiger charge is -2.21. The summed E-state index contributed by atoms with van der Waals surface area (Å²) in [5.41, 5.74) is 4.80. The van der Waals surface area contributed by atoms with E-state index in [2.05, 4.69) is 16.4 Å². The van der Waals surface area contributed by atoms with Crippen molar-refractivity contribution < 1.29 is 4.39 Å². The van der Waals surface area contributed by atoms with Crippen LogP contribution < -0.4 is 5.32 Å². The molecule has 3 heteroatoms. The monoisotopic (exact) mass is 272 g/mol. The molecular weight excluding hydrogens is 251 g/mol. The number of nitrogens with one attached hydrogen (secondary N) is 1. The van der Waals surface area contributed by atoms with Crippen molar-refractivity contribution in [1.29, 1.82) is 0 Å². The summed E-state index contributed by atoms with van der Waals surface area (Å²) in [6, 6.07) is 7.08.